The summed E-state index contributed by atoms with van der Waals surface area (Å²) in [6.45, 7) is 0.879. The van der Waals surface area contributed by atoms with Gasteiger partial charge in [0.1, 0.15) is 10.2 Å². The van der Waals surface area contributed by atoms with Crippen LogP contribution >= 0.6 is 23.4 Å². The molecule has 2 heterocycles. The quantitative estimate of drug-likeness (QED) is 0.656. The molecule has 0 aliphatic carbocycles. The highest BCUT2D eigenvalue weighted by molar-refractivity contribution is 7.99. The van der Waals surface area contributed by atoms with Gasteiger partial charge in [-0.05, 0) is 25.0 Å². The van der Waals surface area contributed by atoms with Gasteiger partial charge in [0, 0.05) is 12.4 Å². The number of ether oxygens (including phenoxy) is 1. The minimum atomic E-state index is 0.343. The number of hydrogen-bond acceptors (Lipinski definition) is 4. The summed E-state index contributed by atoms with van der Waals surface area (Å²) in [5.41, 5.74) is 6.47. The van der Waals surface area contributed by atoms with Crippen LogP contribution in [0.4, 0.5) is 5.69 Å². The fourth-order valence-corrected chi connectivity index (χ4v) is 2.69. The Morgan fingerprint density at radius 3 is 3.20 bits per heavy atom. The number of hydrogen-bond donors (Lipinski definition) is 1. The van der Waals surface area contributed by atoms with Crippen molar-refractivity contribution in [3.05, 3.63) is 17.3 Å². The zero-order valence-electron chi connectivity index (χ0n) is 8.28. The molecule has 1 atom stereocenters. The molecule has 0 aromatic carbocycles. The third-order valence-corrected chi connectivity index (χ3v) is 3.64. The fourth-order valence-electron chi connectivity index (χ4n) is 1.49. The summed E-state index contributed by atoms with van der Waals surface area (Å²) in [4.78, 5) is 4.18. The lowest BCUT2D eigenvalue weighted by Gasteiger charge is -2.09. The van der Waals surface area contributed by atoms with E-state index in [0.717, 1.165) is 30.2 Å². The van der Waals surface area contributed by atoms with Gasteiger partial charge in [-0.15, -0.1) is 11.8 Å². The Balaban J connectivity index is 1.94. The first-order valence-corrected chi connectivity index (χ1v) is 6.28. The summed E-state index contributed by atoms with van der Waals surface area (Å²) < 4.78 is 5.52. The number of pyridine rings is 1. The van der Waals surface area contributed by atoms with Gasteiger partial charge in [0.05, 0.1) is 11.8 Å². The summed E-state index contributed by atoms with van der Waals surface area (Å²) in [5, 5.41) is 1.29. The highest BCUT2D eigenvalue weighted by atomic mass is 35.5. The van der Waals surface area contributed by atoms with Crippen LogP contribution in [0.1, 0.15) is 12.8 Å². The Bertz CT molecular complexity index is 342. The van der Waals surface area contributed by atoms with Crippen molar-refractivity contribution in [1.29, 1.82) is 0 Å². The zero-order valence-corrected chi connectivity index (χ0v) is 9.85. The van der Waals surface area contributed by atoms with Crippen LogP contribution in [0.5, 0.6) is 0 Å². The summed E-state index contributed by atoms with van der Waals surface area (Å²) >= 11 is 7.41. The molecule has 1 aliphatic heterocycles. The van der Waals surface area contributed by atoms with Crippen molar-refractivity contribution in [1.82, 2.24) is 4.98 Å². The molecule has 0 amide bonds. The molecule has 0 spiro atoms. The van der Waals surface area contributed by atoms with Gasteiger partial charge in [0.2, 0.25) is 0 Å². The standard InChI is InChI=1S/C10H13ClN2OS/c11-9-4-3-8(12)10(13-9)15-6-7-2-1-5-14-7/h3-4,7H,1-2,5-6,12H2. The number of nitrogens with two attached hydrogens (primary N) is 1. The van der Waals surface area contributed by atoms with Crippen LogP contribution in [0.15, 0.2) is 17.2 Å². The molecule has 1 aromatic rings. The lowest BCUT2D eigenvalue weighted by Crippen LogP contribution is -2.08. The minimum absolute atomic E-state index is 0.343. The minimum Gasteiger partial charge on any atom is -0.397 e. The monoisotopic (exact) mass is 244 g/mol. The first-order chi connectivity index (χ1) is 7.25. The molecule has 0 bridgehead atoms. The Morgan fingerprint density at radius 1 is 1.60 bits per heavy atom. The second-order valence-electron chi connectivity index (χ2n) is 3.47. The van der Waals surface area contributed by atoms with Gasteiger partial charge in [-0.25, -0.2) is 4.98 Å². The van der Waals surface area contributed by atoms with Gasteiger partial charge in [-0.1, -0.05) is 11.6 Å². The average Bonchev–Trinajstić information content (AvgIpc) is 2.72. The van der Waals surface area contributed by atoms with E-state index < -0.39 is 0 Å². The third kappa shape index (κ3) is 3.00. The van der Waals surface area contributed by atoms with Crippen molar-refractivity contribution < 1.29 is 4.74 Å². The predicted octanol–water partition coefficient (Wildman–Crippen LogP) is 2.59. The molecule has 82 valence electrons. The number of rotatable bonds is 3. The third-order valence-electron chi connectivity index (χ3n) is 2.29. The number of aromatic nitrogens is 1. The topological polar surface area (TPSA) is 48.1 Å². The van der Waals surface area contributed by atoms with Gasteiger partial charge >= 0.3 is 0 Å². The van der Waals surface area contributed by atoms with E-state index in [1.807, 2.05) is 0 Å². The van der Waals surface area contributed by atoms with Crippen molar-refractivity contribution in [2.24, 2.45) is 0 Å². The highest BCUT2D eigenvalue weighted by Crippen LogP contribution is 2.27. The van der Waals surface area contributed by atoms with E-state index in [9.17, 15) is 0 Å². The lowest BCUT2D eigenvalue weighted by atomic mass is 10.3. The van der Waals surface area contributed by atoms with Crippen LogP contribution in [0.3, 0.4) is 0 Å². The van der Waals surface area contributed by atoms with Gasteiger partial charge in [-0.3, -0.25) is 0 Å². The molecule has 2 N–H and O–H groups in total. The molecule has 15 heavy (non-hydrogen) atoms. The number of halogens is 1. The molecule has 5 heteroatoms. The first kappa shape index (κ1) is 11.0. The summed E-state index contributed by atoms with van der Waals surface area (Å²) in [6, 6.07) is 3.49. The Labute approximate surface area is 98.3 Å². The molecule has 3 nitrogen and oxygen atoms in total. The van der Waals surface area contributed by atoms with E-state index in [2.05, 4.69) is 4.98 Å². The Hall–Kier alpha value is -0.450. The van der Waals surface area contributed by atoms with Crippen molar-refractivity contribution in [3.63, 3.8) is 0 Å². The maximum Gasteiger partial charge on any atom is 0.130 e. The van der Waals surface area contributed by atoms with E-state index >= 15 is 0 Å². The molecule has 1 aliphatic rings. The van der Waals surface area contributed by atoms with Crippen LogP contribution in [-0.4, -0.2) is 23.4 Å². The molecular formula is C10H13ClN2OS. The molecule has 1 saturated heterocycles. The maximum absolute atomic E-state index is 5.80. The van der Waals surface area contributed by atoms with Crippen LogP contribution in [0.2, 0.25) is 5.15 Å². The molecular weight excluding hydrogens is 232 g/mol. The van der Waals surface area contributed by atoms with Crippen LogP contribution in [0.25, 0.3) is 0 Å². The van der Waals surface area contributed by atoms with Crippen LogP contribution in [0, 0.1) is 0 Å². The average molecular weight is 245 g/mol. The van der Waals surface area contributed by atoms with Crippen LogP contribution < -0.4 is 5.73 Å². The summed E-state index contributed by atoms with van der Waals surface area (Å²) in [7, 11) is 0. The molecule has 1 aromatic heterocycles. The lowest BCUT2D eigenvalue weighted by molar-refractivity contribution is 0.129. The number of anilines is 1. The Kier molecular flexibility index (Phi) is 3.72. The molecule has 1 unspecified atom stereocenters. The number of nitrogens with zero attached hydrogens (tertiary/aromatic N) is 1. The van der Waals surface area contributed by atoms with Gasteiger partial charge < -0.3 is 10.5 Å². The fraction of sp³-hybridized carbons (Fsp3) is 0.500. The zero-order chi connectivity index (χ0) is 10.7. The predicted molar refractivity (Wildman–Crippen MR) is 63.4 cm³/mol. The van der Waals surface area contributed by atoms with Crippen molar-refractivity contribution in [2.75, 3.05) is 18.1 Å². The van der Waals surface area contributed by atoms with E-state index in [1.165, 1.54) is 0 Å². The van der Waals surface area contributed by atoms with Crippen molar-refractivity contribution in [3.8, 4) is 0 Å². The highest BCUT2D eigenvalue weighted by Gasteiger charge is 2.16. The SMILES string of the molecule is Nc1ccc(Cl)nc1SCC1CCCO1. The van der Waals surface area contributed by atoms with E-state index in [-0.39, 0.29) is 0 Å². The Morgan fingerprint density at radius 2 is 2.47 bits per heavy atom. The summed E-state index contributed by atoms with van der Waals surface area (Å²) in [6.07, 6.45) is 2.63. The van der Waals surface area contributed by atoms with E-state index in [0.29, 0.717) is 16.9 Å². The second kappa shape index (κ2) is 5.05. The smallest absolute Gasteiger partial charge is 0.130 e. The largest absolute Gasteiger partial charge is 0.397 e. The number of thioether (sulfide) groups is 1. The maximum atomic E-state index is 5.80. The first-order valence-electron chi connectivity index (χ1n) is 4.92. The van der Waals surface area contributed by atoms with E-state index in [4.69, 9.17) is 22.1 Å². The van der Waals surface area contributed by atoms with Gasteiger partial charge in [-0.2, -0.15) is 0 Å². The molecule has 0 saturated carbocycles. The number of nitrogen functional groups attached to an aromatic ring is 1. The normalized spacial score (nSPS) is 20.7. The second-order valence-corrected chi connectivity index (χ2v) is 4.87. The molecule has 1 fully saturated rings. The van der Waals surface area contributed by atoms with Crippen molar-refractivity contribution in [2.45, 2.75) is 24.0 Å². The van der Waals surface area contributed by atoms with E-state index in [1.54, 1.807) is 23.9 Å². The van der Waals surface area contributed by atoms with Gasteiger partial charge in [0.15, 0.2) is 0 Å². The molecule has 2 rings (SSSR count). The summed E-state index contributed by atoms with van der Waals surface area (Å²) in [5.74, 6) is 0.900. The molecule has 0 radical (unpaired) electrons. The van der Waals surface area contributed by atoms with Crippen molar-refractivity contribution >= 4 is 29.1 Å². The van der Waals surface area contributed by atoms with Crippen LogP contribution in [-0.2, 0) is 4.74 Å². The van der Waals surface area contributed by atoms with Gasteiger partial charge in [0.25, 0.3) is 0 Å².